The molecule has 0 fully saturated rings. The lowest BCUT2D eigenvalue weighted by Gasteiger charge is -2.16. The molecule has 0 aliphatic carbocycles. The molecule has 0 aliphatic rings. The van der Waals surface area contributed by atoms with Crippen molar-refractivity contribution < 1.29 is 4.74 Å². The van der Waals surface area contributed by atoms with Crippen LogP contribution in [0.25, 0.3) is 10.8 Å². The molecule has 0 spiro atoms. The van der Waals surface area contributed by atoms with Crippen LogP contribution < -0.4 is 4.74 Å². The third-order valence-corrected chi connectivity index (χ3v) is 5.22. The van der Waals surface area contributed by atoms with Gasteiger partial charge in [-0.3, -0.25) is 5.01 Å². The summed E-state index contributed by atoms with van der Waals surface area (Å²) < 4.78 is 6.26. The van der Waals surface area contributed by atoms with E-state index < -0.39 is 0 Å². The first-order valence-corrected chi connectivity index (χ1v) is 10.8. The Hall–Kier alpha value is -3.07. The predicted molar refractivity (Wildman–Crippen MR) is 128 cm³/mol. The lowest BCUT2D eigenvalue weighted by atomic mass is 10.0. The van der Waals surface area contributed by atoms with Crippen molar-refractivity contribution in [3.8, 4) is 5.75 Å². The summed E-state index contributed by atoms with van der Waals surface area (Å²) in [6.07, 6.45) is 7.48. The first kappa shape index (κ1) is 21.6. The van der Waals surface area contributed by atoms with Crippen LogP contribution in [0.5, 0.6) is 5.75 Å². The van der Waals surface area contributed by atoms with E-state index in [1.165, 1.54) is 27.5 Å². The quantitative estimate of drug-likeness (QED) is 0.274. The molecular weight excluding hydrogens is 368 g/mol. The fourth-order valence-corrected chi connectivity index (χ4v) is 3.63. The second kappa shape index (κ2) is 11.2. The fourth-order valence-electron chi connectivity index (χ4n) is 3.63. The third kappa shape index (κ3) is 5.96. The van der Waals surface area contributed by atoms with Gasteiger partial charge < -0.3 is 4.74 Å². The van der Waals surface area contributed by atoms with E-state index in [0.29, 0.717) is 6.61 Å². The first-order valence-electron chi connectivity index (χ1n) is 10.8. The van der Waals surface area contributed by atoms with Crippen LogP contribution in [0, 0.1) is 0 Å². The molecule has 3 aromatic rings. The van der Waals surface area contributed by atoms with Crippen LogP contribution in [-0.2, 0) is 19.3 Å². The average Bonchev–Trinajstić information content (AvgIpc) is 2.78. The summed E-state index contributed by atoms with van der Waals surface area (Å²) in [6, 6.07) is 21.8. The topological polar surface area (TPSA) is 24.8 Å². The van der Waals surface area contributed by atoms with Gasteiger partial charge in [0.25, 0.3) is 0 Å². The molecule has 0 aromatic heterocycles. The molecule has 30 heavy (non-hydrogen) atoms. The Bertz CT molecular complexity index is 993. The maximum Gasteiger partial charge on any atom is 0.122 e. The van der Waals surface area contributed by atoms with Crippen molar-refractivity contribution in [2.45, 2.75) is 39.5 Å². The predicted octanol–water partition coefficient (Wildman–Crippen LogP) is 6.41. The molecule has 156 valence electrons. The molecule has 0 heterocycles. The zero-order chi connectivity index (χ0) is 21.2. The summed E-state index contributed by atoms with van der Waals surface area (Å²) in [6.45, 7) is 9.42. The standard InChI is InChI=1S/C27H32N2O/c1-4-9-25-15-13-22(16-18-29(6-3)28-5-2)21-27(25)30-19-17-23-12-14-24-10-7-8-11-26(24)20-23/h5-8,10-15,20-21H,3-4,9,16-19H2,1-2H3/b28-5-. The van der Waals surface area contributed by atoms with Gasteiger partial charge >= 0.3 is 0 Å². The number of rotatable bonds is 11. The molecule has 0 N–H and O–H groups in total. The van der Waals surface area contributed by atoms with E-state index in [0.717, 1.165) is 38.0 Å². The van der Waals surface area contributed by atoms with E-state index in [4.69, 9.17) is 4.74 Å². The van der Waals surface area contributed by atoms with Gasteiger partial charge in [-0.15, -0.1) is 0 Å². The minimum Gasteiger partial charge on any atom is -0.493 e. The number of aryl methyl sites for hydroxylation is 1. The summed E-state index contributed by atoms with van der Waals surface area (Å²) in [5, 5.41) is 8.71. The van der Waals surface area contributed by atoms with Crippen molar-refractivity contribution in [2.75, 3.05) is 13.2 Å². The summed E-state index contributed by atoms with van der Waals surface area (Å²) in [7, 11) is 0. The highest BCUT2D eigenvalue weighted by Gasteiger charge is 2.07. The number of fused-ring (bicyclic) bond motifs is 1. The minimum absolute atomic E-state index is 0.678. The Morgan fingerprint density at radius 1 is 0.933 bits per heavy atom. The van der Waals surface area contributed by atoms with Gasteiger partial charge in [0.05, 0.1) is 6.61 Å². The lowest BCUT2D eigenvalue weighted by Crippen LogP contribution is -2.13. The van der Waals surface area contributed by atoms with Crippen LogP contribution in [0.2, 0.25) is 0 Å². The molecular formula is C27H32N2O. The largest absolute Gasteiger partial charge is 0.493 e. The van der Waals surface area contributed by atoms with Gasteiger partial charge in [-0.05, 0) is 53.3 Å². The molecule has 0 bridgehead atoms. The van der Waals surface area contributed by atoms with E-state index in [1.54, 1.807) is 12.4 Å². The van der Waals surface area contributed by atoms with Crippen LogP contribution in [0.4, 0.5) is 0 Å². The van der Waals surface area contributed by atoms with Crippen LogP contribution in [-0.4, -0.2) is 24.4 Å². The zero-order valence-corrected chi connectivity index (χ0v) is 18.2. The van der Waals surface area contributed by atoms with Crippen LogP contribution in [0.1, 0.15) is 37.0 Å². The maximum absolute atomic E-state index is 6.26. The smallest absolute Gasteiger partial charge is 0.122 e. The van der Waals surface area contributed by atoms with Gasteiger partial charge in [0.2, 0.25) is 0 Å². The number of hydrogen-bond donors (Lipinski definition) is 0. The van der Waals surface area contributed by atoms with Gasteiger partial charge in [0, 0.05) is 25.4 Å². The Morgan fingerprint density at radius 3 is 2.47 bits per heavy atom. The molecule has 3 nitrogen and oxygen atoms in total. The highest BCUT2D eigenvalue weighted by atomic mass is 16.5. The molecule has 0 atom stereocenters. The SMILES string of the molecule is C=CN(CCc1ccc(CCC)c(OCCc2ccc3ccccc3c2)c1)/N=C\C. The van der Waals surface area contributed by atoms with Gasteiger partial charge in [0.1, 0.15) is 5.75 Å². The number of nitrogens with zero attached hydrogens (tertiary/aromatic N) is 2. The summed E-state index contributed by atoms with van der Waals surface area (Å²) in [5.74, 6) is 1.01. The maximum atomic E-state index is 6.26. The minimum atomic E-state index is 0.678. The molecule has 3 aromatic carbocycles. The summed E-state index contributed by atoms with van der Waals surface area (Å²) >= 11 is 0. The van der Waals surface area contributed by atoms with Crippen molar-refractivity contribution in [1.29, 1.82) is 0 Å². The Balaban J connectivity index is 1.65. The van der Waals surface area contributed by atoms with E-state index in [2.05, 4.69) is 79.3 Å². The fraction of sp³-hybridized carbons (Fsp3) is 0.296. The normalized spacial score (nSPS) is 11.1. The summed E-state index contributed by atoms with van der Waals surface area (Å²) in [5.41, 5.74) is 3.85. The molecule has 0 unspecified atom stereocenters. The zero-order valence-electron chi connectivity index (χ0n) is 18.2. The molecule has 3 rings (SSSR count). The van der Waals surface area contributed by atoms with Gasteiger partial charge in [0.15, 0.2) is 0 Å². The molecule has 0 radical (unpaired) electrons. The molecule has 0 saturated carbocycles. The highest BCUT2D eigenvalue weighted by Crippen LogP contribution is 2.23. The van der Waals surface area contributed by atoms with Crippen LogP contribution >= 0.6 is 0 Å². The van der Waals surface area contributed by atoms with Crippen LogP contribution in [0.15, 0.2) is 78.5 Å². The Kier molecular flexibility index (Phi) is 8.08. The lowest BCUT2D eigenvalue weighted by molar-refractivity contribution is 0.318. The Morgan fingerprint density at radius 2 is 1.70 bits per heavy atom. The van der Waals surface area contributed by atoms with E-state index in [9.17, 15) is 0 Å². The van der Waals surface area contributed by atoms with E-state index >= 15 is 0 Å². The van der Waals surface area contributed by atoms with Crippen molar-refractivity contribution in [3.63, 3.8) is 0 Å². The number of ether oxygens (including phenoxy) is 1. The van der Waals surface area contributed by atoms with Crippen molar-refractivity contribution in [3.05, 3.63) is 90.1 Å². The third-order valence-electron chi connectivity index (χ3n) is 5.22. The van der Waals surface area contributed by atoms with Crippen molar-refractivity contribution in [1.82, 2.24) is 5.01 Å². The number of benzene rings is 3. The molecule has 0 saturated heterocycles. The van der Waals surface area contributed by atoms with Crippen LogP contribution in [0.3, 0.4) is 0 Å². The highest BCUT2D eigenvalue weighted by molar-refractivity contribution is 5.82. The number of hydrazone groups is 1. The van der Waals surface area contributed by atoms with E-state index in [-0.39, 0.29) is 0 Å². The van der Waals surface area contributed by atoms with E-state index in [1.807, 2.05) is 11.9 Å². The van der Waals surface area contributed by atoms with Crippen molar-refractivity contribution in [2.24, 2.45) is 5.10 Å². The van der Waals surface area contributed by atoms with Gasteiger partial charge in [-0.2, -0.15) is 5.10 Å². The first-order chi connectivity index (χ1) is 14.7. The second-order valence-corrected chi connectivity index (χ2v) is 7.44. The number of hydrogen-bond acceptors (Lipinski definition) is 3. The van der Waals surface area contributed by atoms with Gasteiger partial charge in [-0.25, -0.2) is 0 Å². The second-order valence-electron chi connectivity index (χ2n) is 7.44. The molecule has 0 amide bonds. The summed E-state index contributed by atoms with van der Waals surface area (Å²) in [4.78, 5) is 0. The Labute approximate surface area is 180 Å². The average molecular weight is 401 g/mol. The monoisotopic (exact) mass is 400 g/mol. The van der Waals surface area contributed by atoms with Gasteiger partial charge in [-0.1, -0.05) is 74.5 Å². The molecule has 0 aliphatic heterocycles. The molecule has 3 heteroatoms. The van der Waals surface area contributed by atoms with Crippen molar-refractivity contribution >= 4 is 17.0 Å².